The third-order valence-electron chi connectivity index (χ3n) is 10.1. The molecular weight excluding hydrogens is 1070 g/mol. The maximum Gasteiger partial charge on any atom is 0.327 e. The van der Waals surface area contributed by atoms with E-state index in [2.05, 4.69) is 83.4 Å². The summed E-state index contributed by atoms with van der Waals surface area (Å²) in [6.45, 7) is 19.8. The Bertz CT molecular complexity index is 1510. The van der Waals surface area contributed by atoms with Crippen LogP contribution in [0.15, 0.2) is 37.5 Å². The van der Waals surface area contributed by atoms with Crippen molar-refractivity contribution in [3.05, 3.63) is 37.5 Å². The van der Waals surface area contributed by atoms with E-state index in [-0.39, 0.29) is 78.0 Å². The summed E-state index contributed by atoms with van der Waals surface area (Å²) in [5, 5.41) is 41.8. The Morgan fingerprint density at radius 1 is 0.652 bits per heavy atom. The Morgan fingerprint density at radius 3 is 1.36 bits per heavy atom. The van der Waals surface area contributed by atoms with Crippen LogP contribution in [0.1, 0.15) is 65.2 Å². The van der Waals surface area contributed by atoms with Gasteiger partial charge in [0.15, 0.2) is 16.6 Å². The van der Waals surface area contributed by atoms with Gasteiger partial charge in [-0.2, -0.15) is 0 Å². The van der Waals surface area contributed by atoms with Gasteiger partial charge in [0.25, 0.3) is 0 Å². The normalized spacial score (nSPS) is 17.3. The molecule has 0 aromatic rings. The van der Waals surface area contributed by atoms with Crippen LogP contribution in [0.5, 0.6) is 0 Å². The molecule has 2 rings (SSSR count). The van der Waals surface area contributed by atoms with Gasteiger partial charge in [0.05, 0.1) is 44.2 Å². The number of aliphatic carboxylic acids is 3. The van der Waals surface area contributed by atoms with Gasteiger partial charge in [-0.1, -0.05) is 70.5 Å². The van der Waals surface area contributed by atoms with Gasteiger partial charge >= 0.3 is 41.8 Å². The summed E-state index contributed by atoms with van der Waals surface area (Å²) < 4.78 is 38.2. The van der Waals surface area contributed by atoms with Crippen LogP contribution in [-0.4, -0.2) is 160 Å². The molecule has 5 N–H and O–H groups in total. The predicted molar refractivity (Wildman–Crippen MR) is 269 cm³/mol. The van der Waals surface area contributed by atoms with Gasteiger partial charge in [-0.3, -0.25) is 28.8 Å². The Hall–Kier alpha value is -3.30. The molecule has 1 fully saturated rings. The van der Waals surface area contributed by atoms with Crippen molar-refractivity contribution in [2.75, 3.05) is 66.1 Å². The highest BCUT2D eigenvalue weighted by atomic mass is 79.9. The summed E-state index contributed by atoms with van der Waals surface area (Å²) in [6.07, 6.45) is 11.5. The molecule has 1 saturated carbocycles. The molecule has 7 atom stereocenters. The SMILES string of the molecule is C=CC(=O)O.C=CCCC(=O)O.CC(CC(Br)C(=O)OCCO)C(=O)OCCOCCC[Si](C)(C)O[Si](C)(C)CCCOCCOC(=O)C(C)CC(Br)C(=O)OCCO.O=C(O)C1CC2C=CC1C2. The minimum absolute atomic E-state index is 0.0741. The number of fused-ring (bicyclic) bond motifs is 2. The molecule has 0 aromatic carbocycles. The highest BCUT2D eigenvalue weighted by Crippen LogP contribution is 2.43. The number of carboxylic acid groups (broad SMARTS) is 3. The summed E-state index contributed by atoms with van der Waals surface area (Å²) in [6, 6.07) is 1.89. The molecule has 69 heavy (non-hydrogen) atoms. The van der Waals surface area contributed by atoms with Gasteiger partial charge in [-0.05, 0) is 95.1 Å². The van der Waals surface area contributed by atoms with E-state index in [1.54, 1.807) is 19.9 Å². The number of halogens is 2. The van der Waals surface area contributed by atoms with Crippen LogP contribution in [0, 0.1) is 29.6 Å². The first kappa shape index (κ1) is 67.8. The minimum Gasteiger partial charge on any atom is -0.481 e. The number of alkyl halides is 2. The van der Waals surface area contributed by atoms with Gasteiger partial charge < -0.3 is 58.1 Å². The Labute approximate surface area is 426 Å². The third kappa shape index (κ3) is 36.3. The largest absolute Gasteiger partial charge is 0.481 e. The van der Waals surface area contributed by atoms with Crippen molar-refractivity contribution in [3.63, 3.8) is 0 Å². The molecule has 0 saturated heterocycles. The summed E-state index contributed by atoms with van der Waals surface area (Å²) in [5.74, 6) is -4.39. The summed E-state index contributed by atoms with van der Waals surface area (Å²) in [7, 11) is -3.81. The van der Waals surface area contributed by atoms with Crippen molar-refractivity contribution < 1.29 is 91.6 Å². The van der Waals surface area contributed by atoms with Crippen LogP contribution in [-0.2, 0) is 66.1 Å². The van der Waals surface area contributed by atoms with Gasteiger partial charge in [0.1, 0.15) is 36.1 Å². The monoisotopic (exact) mass is 1150 g/mol. The average molecular weight is 1150 g/mol. The fraction of sp³-hybridized carbons (Fsp3) is 0.717. The van der Waals surface area contributed by atoms with Gasteiger partial charge in [-0.15, -0.1) is 6.58 Å². The Kier molecular flexibility index (Phi) is 38.6. The first-order chi connectivity index (χ1) is 32.4. The maximum absolute atomic E-state index is 12.2. The van der Waals surface area contributed by atoms with E-state index in [0.717, 1.165) is 43.8 Å². The Balaban J connectivity index is 0. The molecule has 19 nitrogen and oxygen atoms in total. The predicted octanol–water partition coefficient (Wildman–Crippen LogP) is 6.54. The second-order valence-corrected chi connectivity index (χ2v) is 28.4. The number of hydrogen-bond donors (Lipinski definition) is 5. The quantitative estimate of drug-likeness (QED) is 0.00887. The lowest BCUT2D eigenvalue weighted by Gasteiger charge is -2.34. The van der Waals surface area contributed by atoms with E-state index in [1.165, 1.54) is 0 Å². The zero-order valence-electron chi connectivity index (χ0n) is 41.1. The summed E-state index contributed by atoms with van der Waals surface area (Å²) in [5.41, 5.74) is 0. The van der Waals surface area contributed by atoms with E-state index < -0.39 is 79.9 Å². The van der Waals surface area contributed by atoms with Crippen molar-refractivity contribution in [2.24, 2.45) is 29.6 Å². The molecule has 0 aliphatic heterocycles. The number of carbonyl (C=O) groups excluding carboxylic acids is 4. The van der Waals surface area contributed by atoms with Crippen molar-refractivity contribution in [1.82, 2.24) is 0 Å². The molecule has 2 aliphatic rings. The van der Waals surface area contributed by atoms with Crippen molar-refractivity contribution >= 4 is 90.3 Å². The highest BCUT2D eigenvalue weighted by molar-refractivity contribution is 9.10. The van der Waals surface area contributed by atoms with E-state index in [1.807, 2.05) is 0 Å². The number of rotatable bonds is 33. The maximum atomic E-state index is 12.2. The lowest BCUT2D eigenvalue weighted by Crippen LogP contribution is -2.44. The molecule has 0 heterocycles. The Morgan fingerprint density at radius 2 is 1.07 bits per heavy atom. The van der Waals surface area contributed by atoms with Crippen LogP contribution in [0.25, 0.3) is 0 Å². The molecule has 0 radical (unpaired) electrons. The summed E-state index contributed by atoms with van der Waals surface area (Å²) in [4.78, 5) is 76.1. The second-order valence-electron chi connectivity index (χ2n) is 17.4. The number of aliphatic hydroxyl groups is 2. The smallest absolute Gasteiger partial charge is 0.327 e. The fourth-order valence-electron chi connectivity index (χ4n) is 6.71. The molecule has 7 unspecified atom stereocenters. The van der Waals surface area contributed by atoms with E-state index in [4.69, 9.17) is 58.1 Å². The third-order valence-corrected chi connectivity index (χ3v) is 19.1. The molecule has 23 heteroatoms. The molecule has 2 bridgehead atoms. The van der Waals surface area contributed by atoms with Gasteiger partial charge in [-0.25, -0.2) is 4.79 Å². The van der Waals surface area contributed by atoms with Gasteiger partial charge in [0, 0.05) is 25.7 Å². The number of esters is 4. The fourth-order valence-corrected chi connectivity index (χ4v) is 16.9. The summed E-state index contributed by atoms with van der Waals surface area (Å²) >= 11 is 6.41. The van der Waals surface area contributed by atoms with E-state index >= 15 is 0 Å². The lowest BCUT2D eigenvalue weighted by molar-refractivity contribution is -0.151. The van der Waals surface area contributed by atoms with E-state index in [0.29, 0.717) is 31.5 Å². The number of aliphatic hydroxyl groups excluding tert-OH is 2. The number of allylic oxidation sites excluding steroid dienone is 3. The molecule has 0 amide bonds. The number of hydrogen-bond acceptors (Lipinski definition) is 16. The molecule has 2 aliphatic carbocycles. The first-order valence-corrected chi connectivity index (χ1v) is 31.0. The topological polar surface area (TPSA) is 285 Å². The van der Waals surface area contributed by atoms with Crippen molar-refractivity contribution in [3.8, 4) is 0 Å². The van der Waals surface area contributed by atoms with Crippen molar-refractivity contribution in [2.45, 2.75) is 113 Å². The van der Waals surface area contributed by atoms with Crippen LogP contribution in [0.2, 0.25) is 38.3 Å². The molecular formula is C46H78Br2O19Si2. The molecule has 0 spiro atoms. The average Bonchev–Trinajstić information content (AvgIpc) is 3.93. The van der Waals surface area contributed by atoms with E-state index in [9.17, 15) is 33.6 Å². The van der Waals surface area contributed by atoms with Crippen LogP contribution < -0.4 is 0 Å². The zero-order chi connectivity index (χ0) is 53.0. The lowest BCUT2D eigenvalue weighted by atomic mass is 9.94. The first-order valence-electron chi connectivity index (χ1n) is 23.0. The van der Waals surface area contributed by atoms with Crippen LogP contribution in [0.4, 0.5) is 0 Å². The second kappa shape index (κ2) is 39.3. The molecule has 398 valence electrons. The minimum atomic E-state index is -1.91. The zero-order valence-corrected chi connectivity index (χ0v) is 46.3. The molecule has 0 aromatic heterocycles. The standard InChI is InChI=1S/C30H56Br2O13Si2.C8H10O2.C5H8O2.C3H4O2/c1-23(21-25(31)29(37)41-13-9-33)27(35)43-17-15-39-11-7-19-46(3,4)45-47(5,6)20-8-12-40-16-18-44-28(36)24(2)22-26(32)30(38)42-14-10-34;9-8(10)7-4-5-1-2-6(7)3-5;1-2-3-4-5(6)7;1-2-3(4)5/h23-26,33-34H,7-22H2,1-6H3;1-2,5-7H,3-4H2,(H,9,10);2H,1,3-4H2,(H,6,7);2H,1H2,(H,4,5). The highest BCUT2D eigenvalue weighted by Gasteiger charge is 2.39. The van der Waals surface area contributed by atoms with Gasteiger partial charge in [0.2, 0.25) is 0 Å². The van der Waals surface area contributed by atoms with Crippen molar-refractivity contribution in [1.29, 1.82) is 0 Å². The van der Waals surface area contributed by atoms with Crippen LogP contribution in [0.3, 0.4) is 0 Å². The van der Waals surface area contributed by atoms with Crippen LogP contribution >= 0.6 is 31.9 Å². The number of ether oxygens (including phenoxy) is 6. The number of carboxylic acids is 3. The number of carbonyl (C=O) groups is 7.